The van der Waals surface area contributed by atoms with Crippen molar-refractivity contribution in [3.63, 3.8) is 0 Å². The first-order chi connectivity index (χ1) is 15.6. The molecule has 0 bridgehead atoms. The number of hydrogen-bond donors (Lipinski definition) is 0. The lowest BCUT2D eigenvalue weighted by atomic mass is 10.0. The van der Waals surface area contributed by atoms with Gasteiger partial charge in [-0.3, -0.25) is 9.48 Å². The maximum absolute atomic E-state index is 13.2. The Bertz CT molecular complexity index is 1120. The van der Waals surface area contributed by atoms with Crippen LogP contribution >= 0.6 is 0 Å². The van der Waals surface area contributed by atoms with Crippen LogP contribution in [0.5, 0.6) is 5.88 Å². The largest absolute Gasteiger partial charge is 0.477 e. The molecular weight excluding hydrogens is 404 g/mol. The van der Waals surface area contributed by atoms with Crippen LogP contribution < -0.4 is 4.74 Å². The van der Waals surface area contributed by atoms with Crippen molar-refractivity contribution in [1.82, 2.24) is 19.7 Å². The SMILES string of the molecule is Cc1nn(C)cc1-c1ccc(CN2Cc3ccnc(OCC4CCOCC4)c3C2=O)cc1. The quantitative estimate of drug-likeness (QED) is 0.593. The normalized spacial score (nSPS) is 16.4. The molecule has 2 aromatic heterocycles. The number of ether oxygens (including phenoxy) is 2. The first-order valence-corrected chi connectivity index (χ1v) is 11.2. The van der Waals surface area contributed by atoms with Crippen LogP contribution in [0.2, 0.25) is 0 Å². The van der Waals surface area contributed by atoms with Gasteiger partial charge in [0.2, 0.25) is 5.88 Å². The van der Waals surface area contributed by atoms with Gasteiger partial charge in [-0.15, -0.1) is 0 Å². The second-order valence-corrected chi connectivity index (χ2v) is 8.68. The van der Waals surface area contributed by atoms with E-state index in [-0.39, 0.29) is 5.91 Å². The smallest absolute Gasteiger partial charge is 0.260 e. The Morgan fingerprint density at radius 2 is 1.94 bits per heavy atom. The lowest BCUT2D eigenvalue weighted by molar-refractivity contribution is 0.0486. The minimum Gasteiger partial charge on any atom is -0.477 e. The zero-order valence-corrected chi connectivity index (χ0v) is 18.6. The third-order valence-corrected chi connectivity index (χ3v) is 6.31. The number of benzene rings is 1. The van der Waals surface area contributed by atoms with Crippen LogP contribution in [0.25, 0.3) is 11.1 Å². The van der Waals surface area contributed by atoms with Crippen LogP contribution in [0.15, 0.2) is 42.7 Å². The van der Waals surface area contributed by atoms with E-state index in [1.807, 2.05) is 35.8 Å². The van der Waals surface area contributed by atoms with Gasteiger partial charge in [0.15, 0.2) is 0 Å². The second kappa shape index (κ2) is 8.74. The van der Waals surface area contributed by atoms with E-state index in [1.165, 1.54) is 0 Å². The van der Waals surface area contributed by atoms with E-state index in [2.05, 4.69) is 34.3 Å². The topological polar surface area (TPSA) is 69.5 Å². The van der Waals surface area contributed by atoms with Gasteiger partial charge < -0.3 is 14.4 Å². The molecule has 5 rings (SSSR count). The Morgan fingerprint density at radius 1 is 1.16 bits per heavy atom. The van der Waals surface area contributed by atoms with E-state index in [4.69, 9.17) is 9.47 Å². The van der Waals surface area contributed by atoms with E-state index >= 15 is 0 Å². The maximum atomic E-state index is 13.2. The molecule has 2 aliphatic heterocycles. The summed E-state index contributed by atoms with van der Waals surface area (Å²) in [6.45, 7) is 5.28. The molecule has 0 radical (unpaired) electrons. The molecule has 7 nitrogen and oxygen atoms in total. The summed E-state index contributed by atoms with van der Waals surface area (Å²) < 4.78 is 13.3. The van der Waals surface area contributed by atoms with Gasteiger partial charge in [-0.05, 0) is 48.4 Å². The Morgan fingerprint density at radius 3 is 2.66 bits per heavy atom. The molecule has 2 aliphatic rings. The third kappa shape index (κ3) is 4.12. The molecule has 3 aromatic rings. The molecule has 4 heterocycles. The Kier molecular flexibility index (Phi) is 5.66. The van der Waals surface area contributed by atoms with Crippen LogP contribution in [-0.2, 0) is 24.9 Å². The molecule has 7 heteroatoms. The van der Waals surface area contributed by atoms with E-state index in [0.29, 0.717) is 37.1 Å². The van der Waals surface area contributed by atoms with Gasteiger partial charge in [-0.2, -0.15) is 5.10 Å². The zero-order chi connectivity index (χ0) is 22.1. The van der Waals surface area contributed by atoms with E-state index in [1.54, 1.807) is 6.20 Å². The summed E-state index contributed by atoms with van der Waals surface area (Å²) in [5.41, 5.74) is 5.95. The van der Waals surface area contributed by atoms with Crippen molar-refractivity contribution in [2.75, 3.05) is 19.8 Å². The van der Waals surface area contributed by atoms with Crippen molar-refractivity contribution < 1.29 is 14.3 Å². The fraction of sp³-hybridized carbons (Fsp3) is 0.400. The number of fused-ring (bicyclic) bond motifs is 1. The van der Waals surface area contributed by atoms with Crippen LogP contribution in [0, 0.1) is 12.8 Å². The van der Waals surface area contributed by atoms with Crippen LogP contribution in [-0.4, -0.2) is 45.4 Å². The molecule has 32 heavy (non-hydrogen) atoms. The number of pyridine rings is 1. The number of aromatic nitrogens is 3. The van der Waals surface area contributed by atoms with Crippen molar-refractivity contribution in [3.05, 3.63) is 65.1 Å². The molecule has 166 valence electrons. The minimum absolute atomic E-state index is 0.0118. The van der Waals surface area contributed by atoms with Gasteiger partial charge in [0.05, 0.1) is 12.3 Å². The summed E-state index contributed by atoms with van der Waals surface area (Å²) in [7, 11) is 1.93. The third-order valence-electron chi connectivity index (χ3n) is 6.31. The maximum Gasteiger partial charge on any atom is 0.260 e. The molecule has 0 saturated carbocycles. The average molecular weight is 433 g/mol. The van der Waals surface area contributed by atoms with Crippen molar-refractivity contribution in [2.45, 2.75) is 32.9 Å². The van der Waals surface area contributed by atoms with Crippen molar-refractivity contribution in [2.24, 2.45) is 13.0 Å². The molecule has 0 aliphatic carbocycles. The number of carbonyl (C=O) groups excluding carboxylic acids is 1. The van der Waals surface area contributed by atoms with E-state index in [9.17, 15) is 4.79 Å². The van der Waals surface area contributed by atoms with Gasteiger partial charge in [-0.1, -0.05) is 24.3 Å². The fourth-order valence-corrected chi connectivity index (χ4v) is 4.52. The first kappa shape index (κ1) is 20.7. The Balaban J connectivity index is 1.27. The Hall–Kier alpha value is -3.19. The molecule has 0 unspecified atom stereocenters. The number of hydrogen-bond acceptors (Lipinski definition) is 5. The molecule has 1 fully saturated rings. The van der Waals surface area contributed by atoms with Gasteiger partial charge in [0.1, 0.15) is 5.56 Å². The molecule has 0 spiro atoms. The summed E-state index contributed by atoms with van der Waals surface area (Å²) in [6.07, 6.45) is 5.74. The summed E-state index contributed by atoms with van der Waals surface area (Å²) in [6, 6.07) is 10.3. The number of nitrogens with zero attached hydrogens (tertiary/aromatic N) is 4. The van der Waals surface area contributed by atoms with E-state index < -0.39 is 0 Å². The number of rotatable bonds is 6. The number of amides is 1. The van der Waals surface area contributed by atoms with Gasteiger partial charge in [-0.25, -0.2) is 4.98 Å². The highest BCUT2D eigenvalue weighted by molar-refractivity contribution is 6.00. The van der Waals surface area contributed by atoms with Gasteiger partial charge >= 0.3 is 0 Å². The van der Waals surface area contributed by atoms with Crippen molar-refractivity contribution in [3.8, 4) is 17.0 Å². The predicted octanol–water partition coefficient (Wildman–Crippen LogP) is 3.75. The standard InChI is InChI=1S/C25H28N4O3/c1-17-22(15-28(2)27-17)20-5-3-18(4-6-20)13-29-14-21-7-10-26-24(23(21)25(29)30)32-16-19-8-11-31-12-9-19/h3-7,10,15,19H,8-9,11-14,16H2,1-2H3. The average Bonchev–Trinajstić information content (AvgIpc) is 3.32. The number of aryl methyl sites for hydroxylation is 2. The molecule has 0 N–H and O–H groups in total. The summed E-state index contributed by atoms with van der Waals surface area (Å²) in [5.74, 6) is 0.905. The molecule has 0 atom stereocenters. The van der Waals surface area contributed by atoms with Gasteiger partial charge in [0, 0.05) is 51.3 Å². The highest BCUT2D eigenvalue weighted by Gasteiger charge is 2.32. The van der Waals surface area contributed by atoms with Crippen molar-refractivity contribution >= 4 is 5.91 Å². The monoisotopic (exact) mass is 432 g/mol. The minimum atomic E-state index is -0.0118. The Labute approximate surface area is 188 Å². The van der Waals surface area contributed by atoms with Crippen LogP contribution in [0.1, 0.15) is 40.0 Å². The number of carbonyl (C=O) groups is 1. The summed E-state index contributed by atoms with van der Waals surface area (Å²) in [4.78, 5) is 19.4. The lowest BCUT2D eigenvalue weighted by Gasteiger charge is -2.22. The fourth-order valence-electron chi connectivity index (χ4n) is 4.52. The molecule has 1 saturated heterocycles. The van der Waals surface area contributed by atoms with Crippen LogP contribution in [0.3, 0.4) is 0 Å². The van der Waals surface area contributed by atoms with Gasteiger partial charge in [0.25, 0.3) is 5.91 Å². The predicted molar refractivity (Wildman–Crippen MR) is 120 cm³/mol. The van der Waals surface area contributed by atoms with Crippen LogP contribution in [0.4, 0.5) is 0 Å². The molecule has 1 amide bonds. The van der Waals surface area contributed by atoms with E-state index in [0.717, 1.165) is 54.0 Å². The lowest BCUT2D eigenvalue weighted by Crippen LogP contribution is -2.24. The highest BCUT2D eigenvalue weighted by atomic mass is 16.5. The molecular formula is C25H28N4O3. The summed E-state index contributed by atoms with van der Waals surface area (Å²) >= 11 is 0. The second-order valence-electron chi connectivity index (χ2n) is 8.68. The molecule has 1 aromatic carbocycles. The highest BCUT2D eigenvalue weighted by Crippen LogP contribution is 2.31. The zero-order valence-electron chi connectivity index (χ0n) is 18.6. The first-order valence-electron chi connectivity index (χ1n) is 11.2. The van der Waals surface area contributed by atoms with Crippen molar-refractivity contribution in [1.29, 1.82) is 0 Å². The summed E-state index contributed by atoms with van der Waals surface area (Å²) in [5, 5.41) is 4.42.